The van der Waals surface area contributed by atoms with E-state index in [4.69, 9.17) is 9.15 Å². The number of hydrogen-bond acceptors (Lipinski definition) is 3. The first-order chi connectivity index (χ1) is 26.3. The SMILES string of the molecule is c1ccc(N(c2ccc3c(c2)[Si]2(c4ccccc4Oc4ccccc42)c2ccccc2[Si]3c2ccccc2)c2ccc3c(c2)oc2ccccc23)cc1. The van der Waals surface area contributed by atoms with Crippen LogP contribution >= 0.6 is 0 Å². The Bertz CT molecular complexity index is 2800. The van der Waals surface area contributed by atoms with Gasteiger partial charge in [0.25, 0.3) is 0 Å². The molecule has 1 radical (unpaired) electrons. The average molecular weight is 711 g/mol. The summed E-state index contributed by atoms with van der Waals surface area (Å²) in [4.78, 5) is 2.39. The number of anilines is 3. The quantitative estimate of drug-likeness (QED) is 0.179. The van der Waals surface area contributed by atoms with Crippen LogP contribution in [0.3, 0.4) is 0 Å². The number of furan rings is 1. The van der Waals surface area contributed by atoms with Gasteiger partial charge in [0.1, 0.15) is 22.7 Å². The molecule has 0 atom stereocenters. The van der Waals surface area contributed by atoms with Crippen LogP contribution in [0.25, 0.3) is 21.9 Å². The van der Waals surface area contributed by atoms with E-state index < -0.39 is 16.9 Å². The van der Waals surface area contributed by atoms with E-state index in [1.807, 2.05) is 12.1 Å². The fraction of sp³-hybridized carbons (Fsp3) is 0. The average Bonchev–Trinajstić information content (AvgIpc) is 3.60. The normalized spacial score (nSPS) is 13.9. The third-order valence-electron chi connectivity index (χ3n) is 11.0. The molecule has 0 saturated carbocycles. The third kappa shape index (κ3) is 4.45. The number of hydrogen-bond donors (Lipinski definition) is 0. The van der Waals surface area contributed by atoms with E-state index in [-0.39, 0.29) is 0 Å². The van der Waals surface area contributed by atoms with Gasteiger partial charge in [-0.2, -0.15) is 0 Å². The van der Waals surface area contributed by atoms with Gasteiger partial charge in [0.05, 0.1) is 0 Å². The topological polar surface area (TPSA) is 25.6 Å². The Morgan fingerprint density at radius 1 is 0.396 bits per heavy atom. The van der Waals surface area contributed by atoms with Gasteiger partial charge < -0.3 is 14.1 Å². The molecular formula is C48H32NO2Si2. The molecular weight excluding hydrogens is 679 g/mol. The lowest BCUT2D eigenvalue weighted by Crippen LogP contribution is -2.87. The maximum absolute atomic E-state index is 6.75. The van der Waals surface area contributed by atoms with Crippen molar-refractivity contribution in [3.8, 4) is 11.5 Å². The summed E-state index contributed by atoms with van der Waals surface area (Å²) in [6.45, 7) is 0. The molecule has 0 fully saturated rings. The molecule has 11 rings (SSSR count). The summed E-state index contributed by atoms with van der Waals surface area (Å²) >= 11 is 0. The molecule has 0 unspecified atom stereocenters. The second-order valence-corrected chi connectivity index (χ2v) is 19.9. The second kappa shape index (κ2) is 11.8. The minimum atomic E-state index is -2.92. The molecule has 3 nitrogen and oxygen atoms in total. The van der Waals surface area contributed by atoms with Gasteiger partial charge in [-0.05, 0) is 75.3 Å². The number of nitrogens with zero attached hydrogens (tertiary/aromatic N) is 1. The zero-order valence-corrected chi connectivity index (χ0v) is 30.7. The second-order valence-electron chi connectivity index (χ2n) is 13.8. The zero-order valence-electron chi connectivity index (χ0n) is 28.7. The van der Waals surface area contributed by atoms with E-state index in [0.29, 0.717) is 0 Å². The molecule has 0 bridgehead atoms. The molecule has 249 valence electrons. The van der Waals surface area contributed by atoms with Gasteiger partial charge in [-0.25, -0.2) is 0 Å². The Labute approximate surface area is 310 Å². The maximum Gasteiger partial charge on any atom is 0.188 e. The van der Waals surface area contributed by atoms with E-state index in [1.54, 1.807) is 0 Å². The van der Waals surface area contributed by atoms with Crippen molar-refractivity contribution in [2.45, 2.75) is 0 Å². The zero-order chi connectivity index (χ0) is 34.9. The lowest BCUT2D eigenvalue weighted by Gasteiger charge is -2.46. The molecule has 0 N–H and O–H groups in total. The van der Waals surface area contributed by atoms with Crippen molar-refractivity contribution in [2.24, 2.45) is 0 Å². The van der Waals surface area contributed by atoms with Gasteiger partial charge >= 0.3 is 0 Å². The Morgan fingerprint density at radius 3 is 1.74 bits per heavy atom. The first-order valence-corrected chi connectivity index (χ1v) is 21.6. The van der Waals surface area contributed by atoms with E-state index in [9.17, 15) is 0 Å². The Hall–Kier alpha value is -6.41. The lowest BCUT2D eigenvalue weighted by molar-refractivity contribution is 0.487. The van der Waals surface area contributed by atoms with Crippen LogP contribution in [0.15, 0.2) is 199 Å². The highest BCUT2D eigenvalue weighted by Gasteiger charge is 2.54. The summed E-state index contributed by atoms with van der Waals surface area (Å²) in [5.41, 5.74) is 5.04. The molecule has 0 amide bonds. The number of rotatable bonds is 4. The Kier molecular flexibility index (Phi) is 6.74. The molecule has 2 aliphatic rings. The van der Waals surface area contributed by atoms with Crippen molar-refractivity contribution < 1.29 is 9.15 Å². The van der Waals surface area contributed by atoms with Crippen molar-refractivity contribution in [1.29, 1.82) is 0 Å². The maximum atomic E-state index is 6.75. The van der Waals surface area contributed by atoms with Gasteiger partial charge in [-0.3, -0.25) is 0 Å². The number of para-hydroxylation sites is 4. The summed E-state index contributed by atoms with van der Waals surface area (Å²) in [5.74, 6) is 1.91. The predicted molar refractivity (Wildman–Crippen MR) is 223 cm³/mol. The molecule has 5 heteroatoms. The van der Waals surface area contributed by atoms with Crippen molar-refractivity contribution >= 4 is 92.2 Å². The van der Waals surface area contributed by atoms with Crippen LogP contribution in [0, 0.1) is 0 Å². The molecule has 53 heavy (non-hydrogen) atoms. The summed E-state index contributed by atoms with van der Waals surface area (Å²) in [7, 11) is -4.29. The largest absolute Gasteiger partial charge is 0.458 e. The number of benzene rings is 8. The van der Waals surface area contributed by atoms with Crippen LogP contribution < -0.4 is 45.9 Å². The highest BCUT2D eigenvalue weighted by atomic mass is 28.3. The molecule has 8 aromatic carbocycles. The Morgan fingerprint density at radius 2 is 0.962 bits per heavy atom. The van der Waals surface area contributed by atoms with Crippen molar-refractivity contribution in [2.75, 3.05) is 4.90 Å². The summed E-state index contributed by atoms with van der Waals surface area (Å²) in [6.07, 6.45) is 0. The van der Waals surface area contributed by atoms with Gasteiger partial charge in [-0.1, -0.05) is 149 Å². The fourth-order valence-electron chi connectivity index (χ4n) is 8.89. The van der Waals surface area contributed by atoms with E-state index in [0.717, 1.165) is 50.5 Å². The van der Waals surface area contributed by atoms with Crippen LogP contribution in [-0.4, -0.2) is 16.9 Å². The van der Waals surface area contributed by atoms with Gasteiger partial charge in [0.15, 0.2) is 16.9 Å². The van der Waals surface area contributed by atoms with Crippen molar-refractivity contribution in [3.05, 3.63) is 194 Å². The van der Waals surface area contributed by atoms with Crippen LogP contribution in [0.4, 0.5) is 17.1 Å². The third-order valence-corrected chi connectivity index (χ3v) is 19.3. The summed E-state index contributed by atoms with van der Waals surface area (Å²) < 4.78 is 13.2. The highest BCUT2D eigenvalue weighted by molar-refractivity contribution is 7.27. The fourth-order valence-corrected chi connectivity index (χ4v) is 18.5. The highest BCUT2D eigenvalue weighted by Crippen LogP contribution is 2.39. The van der Waals surface area contributed by atoms with E-state index in [1.165, 1.54) is 36.3 Å². The molecule has 0 saturated heterocycles. The lowest BCUT2D eigenvalue weighted by atomic mass is 10.1. The molecule has 0 aliphatic carbocycles. The van der Waals surface area contributed by atoms with Crippen molar-refractivity contribution in [1.82, 2.24) is 0 Å². The van der Waals surface area contributed by atoms with E-state index in [2.05, 4.69) is 187 Å². The van der Waals surface area contributed by atoms with Gasteiger partial charge in [-0.15, -0.1) is 0 Å². The van der Waals surface area contributed by atoms with Gasteiger partial charge in [0.2, 0.25) is 0 Å². The van der Waals surface area contributed by atoms with Crippen LogP contribution in [-0.2, 0) is 0 Å². The standard InChI is InChI=1S/C48H32NO2Si2/c1-3-15-33(16-4-1)49(34-27-29-38-37-19-7-8-20-39(37)50-42(38)31-34)35-28-30-44-48(32-35)53(45-24-12-9-21-40(45)51-41-22-10-13-25-46(41)53)47-26-14-11-23-43(47)52(44)36-17-5-2-6-18-36/h1-32H. The van der Waals surface area contributed by atoms with Gasteiger partial charge in [0, 0.05) is 33.9 Å². The smallest absolute Gasteiger partial charge is 0.188 e. The number of ether oxygens (including phenoxy) is 1. The van der Waals surface area contributed by atoms with Crippen LogP contribution in [0.2, 0.25) is 0 Å². The van der Waals surface area contributed by atoms with Crippen LogP contribution in [0.1, 0.15) is 0 Å². The first kappa shape index (κ1) is 30.2. The Balaban J connectivity index is 1.23. The number of fused-ring (bicyclic) bond motifs is 11. The molecule has 1 spiro atoms. The molecule has 1 aromatic heterocycles. The van der Waals surface area contributed by atoms with Crippen molar-refractivity contribution in [3.63, 3.8) is 0 Å². The van der Waals surface area contributed by atoms with E-state index >= 15 is 0 Å². The molecule has 3 heterocycles. The predicted octanol–water partition coefficient (Wildman–Crippen LogP) is 7.37. The molecule has 2 aliphatic heterocycles. The van der Waals surface area contributed by atoms with Crippen LogP contribution in [0.5, 0.6) is 11.5 Å². The summed E-state index contributed by atoms with van der Waals surface area (Å²) in [6, 6.07) is 71.0. The monoisotopic (exact) mass is 710 g/mol. The molecule has 9 aromatic rings. The first-order valence-electron chi connectivity index (χ1n) is 18.1. The summed E-state index contributed by atoms with van der Waals surface area (Å²) in [5, 5.41) is 12.1. The minimum absolute atomic E-state index is 0.879. The minimum Gasteiger partial charge on any atom is -0.458 e.